The molecule has 4 heterocycles. The lowest BCUT2D eigenvalue weighted by Gasteiger charge is -2.31. The van der Waals surface area contributed by atoms with Crippen molar-refractivity contribution < 1.29 is 26.6 Å². The number of hydrogen-bond acceptors (Lipinski definition) is 7. The molecule has 3 aromatic heterocycles. The molecule has 1 saturated heterocycles. The SMILES string of the molecule is O=C(c1cc(-c2ccco2)on1)N1CCC(S(=O)(=O)Cc2ccco2)CC1. The van der Waals surface area contributed by atoms with E-state index >= 15 is 0 Å². The molecule has 0 spiro atoms. The van der Waals surface area contributed by atoms with Crippen molar-refractivity contribution in [1.82, 2.24) is 10.1 Å². The van der Waals surface area contributed by atoms with Gasteiger partial charge in [-0.25, -0.2) is 8.42 Å². The molecule has 0 bridgehead atoms. The van der Waals surface area contributed by atoms with E-state index < -0.39 is 15.1 Å². The minimum atomic E-state index is -3.32. The summed E-state index contributed by atoms with van der Waals surface area (Å²) in [6.07, 6.45) is 3.74. The third kappa shape index (κ3) is 3.68. The molecule has 142 valence electrons. The van der Waals surface area contributed by atoms with Gasteiger partial charge in [0.15, 0.2) is 21.3 Å². The molecule has 0 aromatic carbocycles. The largest absolute Gasteiger partial charge is 0.468 e. The Morgan fingerprint density at radius 1 is 1.11 bits per heavy atom. The van der Waals surface area contributed by atoms with Gasteiger partial charge in [-0.15, -0.1) is 0 Å². The van der Waals surface area contributed by atoms with Gasteiger partial charge in [-0.1, -0.05) is 5.16 Å². The highest BCUT2D eigenvalue weighted by atomic mass is 32.2. The van der Waals surface area contributed by atoms with Crippen LogP contribution in [-0.4, -0.2) is 42.7 Å². The average molecular weight is 390 g/mol. The van der Waals surface area contributed by atoms with Crippen LogP contribution in [0.1, 0.15) is 29.1 Å². The van der Waals surface area contributed by atoms with Crippen LogP contribution in [0.25, 0.3) is 11.5 Å². The standard InChI is InChI=1S/C18H18N2O6S/c21-18(15-11-17(26-19-15)16-4-2-10-25-16)20-7-5-14(6-8-20)27(22,23)12-13-3-1-9-24-13/h1-4,9-11,14H,5-8,12H2. The van der Waals surface area contributed by atoms with E-state index in [1.54, 1.807) is 29.2 Å². The van der Waals surface area contributed by atoms with Crippen molar-refractivity contribution in [3.8, 4) is 11.5 Å². The summed E-state index contributed by atoms with van der Waals surface area (Å²) in [5.41, 5.74) is 0.179. The van der Waals surface area contributed by atoms with Crippen molar-refractivity contribution in [2.75, 3.05) is 13.1 Å². The number of hydrogen-bond donors (Lipinski definition) is 0. The molecule has 0 unspecified atom stereocenters. The second-order valence-corrected chi connectivity index (χ2v) is 8.71. The van der Waals surface area contributed by atoms with E-state index in [-0.39, 0.29) is 17.4 Å². The van der Waals surface area contributed by atoms with Crippen LogP contribution in [0.5, 0.6) is 0 Å². The molecule has 1 aliphatic heterocycles. The van der Waals surface area contributed by atoms with Gasteiger partial charge in [0.05, 0.1) is 17.8 Å². The predicted octanol–water partition coefficient (Wildman–Crippen LogP) is 2.75. The van der Waals surface area contributed by atoms with Crippen LogP contribution >= 0.6 is 0 Å². The summed E-state index contributed by atoms with van der Waals surface area (Å²) in [4.78, 5) is 14.2. The van der Waals surface area contributed by atoms with E-state index in [4.69, 9.17) is 13.4 Å². The van der Waals surface area contributed by atoms with E-state index in [1.165, 1.54) is 18.6 Å². The van der Waals surface area contributed by atoms with E-state index in [9.17, 15) is 13.2 Å². The Morgan fingerprint density at radius 2 is 1.85 bits per heavy atom. The first kappa shape index (κ1) is 17.6. The molecule has 8 nitrogen and oxygen atoms in total. The lowest BCUT2D eigenvalue weighted by molar-refractivity contribution is 0.0715. The Bertz CT molecular complexity index is 996. The van der Waals surface area contributed by atoms with Crippen molar-refractivity contribution >= 4 is 15.7 Å². The number of rotatable bonds is 5. The van der Waals surface area contributed by atoms with Gasteiger partial charge >= 0.3 is 0 Å². The number of carbonyl (C=O) groups excluding carboxylic acids is 1. The summed E-state index contributed by atoms with van der Waals surface area (Å²) in [7, 11) is -3.32. The zero-order valence-electron chi connectivity index (χ0n) is 14.4. The van der Waals surface area contributed by atoms with Gasteiger partial charge in [0, 0.05) is 19.2 Å². The summed E-state index contributed by atoms with van der Waals surface area (Å²) in [5, 5.41) is 3.32. The normalized spacial score (nSPS) is 15.9. The smallest absolute Gasteiger partial charge is 0.276 e. The monoisotopic (exact) mass is 390 g/mol. The number of carbonyl (C=O) groups is 1. The Morgan fingerprint density at radius 3 is 2.52 bits per heavy atom. The summed E-state index contributed by atoms with van der Waals surface area (Å²) < 4.78 is 40.6. The summed E-state index contributed by atoms with van der Waals surface area (Å²) >= 11 is 0. The maximum atomic E-state index is 12.6. The molecule has 1 amide bonds. The predicted molar refractivity (Wildman–Crippen MR) is 94.5 cm³/mol. The van der Waals surface area contributed by atoms with E-state index in [2.05, 4.69) is 5.16 Å². The summed E-state index contributed by atoms with van der Waals surface area (Å²) in [6.45, 7) is 0.702. The molecule has 0 atom stereocenters. The maximum Gasteiger partial charge on any atom is 0.276 e. The molecule has 3 aromatic rings. The molecule has 0 N–H and O–H groups in total. The van der Waals surface area contributed by atoms with E-state index in [0.717, 1.165) is 0 Å². The van der Waals surface area contributed by atoms with E-state index in [1.807, 2.05) is 0 Å². The third-order valence-electron chi connectivity index (χ3n) is 4.65. The second kappa shape index (κ2) is 7.07. The van der Waals surface area contributed by atoms with Gasteiger partial charge in [-0.2, -0.15) is 0 Å². The average Bonchev–Trinajstić information content (AvgIpc) is 3.42. The molecule has 1 fully saturated rings. The second-order valence-electron chi connectivity index (χ2n) is 6.43. The zero-order chi connectivity index (χ0) is 18.9. The Kier molecular flexibility index (Phi) is 4.61. The zero-order valence-corrected chi connectivity index (χ0v) is 15.2. The van der Waals surface area contributed by atoms with Crippen molar-refractivity contribution in [2.45, 2.75) is 23.8 Å². The molecular formula is C18H18N2O6S. The third-order valence-corrected chi connectivity index (χ3v) is 6.83. The van der Waals surface area contributed by atoms with Crippen LogP contribution in [0.2, 0.25) is 0 Å². The van der Waals surface area contributed by atoms with Crippen LogP contribution < -0.4 is 0 Å². The van der Waals surface area contributed by atoms with Crippen molar-refractivity contribution in [3.63, 3.8) is 0 Å². The van der Waals surface area contributed by atoms with E-state index in [0.29, 0.717) is 43.2 Å². The molecule has 0 aliphatic carbocycles. The fourth-order valence-electron chi connectivity index (χ4n) is 3.20. The first-order chi connectivity index (χ1) is 13.0. The lowest BCUT2D eigenvalue weighted by Crippen LogP contribution is -2.42. The molecule has 9 heteroatoms. The van der Waals surface area contributed by atoms with Gasteiger partial charge in [-0.3, -0.25) is 4.79 Å². The molecule has 4 rings (SSSR count). The van der Waals surface area contributed by atoms with Crippen LogP contribution in [0.3, 0.4) is 0 Å². The van der Waals surface area contributed by atoms with Gasteiger partial charge in [0.1, 0.15) is 11.5 Å². The number of piperidine rings is 1. The van der Waals surface area contributed by atoms with Gasteiger partial charge < -0.3 is 18.3 Å². The minimum absolute atomic E-state index is 0.117. The first-order valence-corrected chi connectivity index (χ1v) is 10.3. The van der Waals surface area contributed by atoms with Crippen molar-refractivity contribution in [1.29, 1.82) is 0 Å². The summed E-state index contributed by atoms with van der Waals surface area (Å²) in [5.74, 6) is 0.901. The Balaban J connectivity index is 1.38. The number of aromatic nitrogens is 1. The minimum Gasteiger partial charge on any atom is -0.468 e. The molecule has 0 saturated carbocycles. The van der Waals surface area contributed by atoms with Crippen LogP contribution in [-0.2, 0) is 15.6 Å². The fourth-order valence-corrected chi connectivity index (χ4v) is 4.93. The van der Waals surface area contributed by atoms with Crippen molar-refractivity contribution in [3.05, 3.63) is 54.3 Å². The molecule has 1 aliphatic rings. The maximum absolute atomic E-state index is 12.6. The summed E-state index contributed by atoms with van der Waals surface area (Å²) in [6, 6.07) is 8.27. The number of likely N-dealkylation sites (tertiary alicyclic amines) is 1. The highest BCUT2D eigenvalue weighted by Gasteiger charge is 2.33. The van der Waals surface area contributed by atoms with Gasteiger partial charge in [-0.05, 0) is 37.1 Å². The van der Waals surface area contributed by atoms with Gasteiger partial charge in [0.25, 0.3) is 5.91 Å². The number of amides is 1. The van der Waals surface area contributed by atoms with Crippen LogP contribution in [0.4, 0.5) is 0 Å². The Hall–Kier alpha value is -2.81. The number of furan rings is 2. The quantitative estimate of drug-likeness (QED) is 0.659. The van der Waals surface area contributed by atoms with Crippen LogP contribution in [0, 0.1) is 0 Å². The highest BCUT2D eigenvalue weighted by Crippen LogP contribution is 2.25. The molecular weight excluding hydrogens is 372 g/mol. The van der Waals surface area contributed by atoms with Crippen molar-refractivity contribution in [2.24, 2.45) is 0 Å². The Labute approximate surface area is 155 Å². The van der Waals surface area contributed by atoms with Crippen LogP contribution in [0.15, 0.2) is 56.2 Å². The lowest BCUT2D eigenvalue weighted by atomic mass is 10.1. The molecule has 27 heavy (non-hydrogen) atoms. The topological polar surface area (TPSA) is 107 Å². The van der Waals surface area contributed by atoms with Gasteiger partial charge in [0.2, 0.25) is 5.76 Å². The number of sulfone groups is 1. The fraction of sp³-hybridized carbons (Fsp3) is 0.333. The highest BCUT2D eigenvalue weighted by molar-refractivity contribution is 7.91. The molecule has 0 radical (unpaired) electrons. The first-order valence-electron chi connectivity index (χ1n) is 8.57. The number of nitrogens with zero attached hydrogens (tertiary/aromatic N) is 2.